The minimum absolute atomic E-state index is 0.0298. The third kappa shape index (κ3) is 4.87. The molecule has 0 aliphatic carbocycles. The second-order valence-corrected chi connectivity index (χ2v) is 10.7. The summed E-state index contributed by atoms with van der Waals surface area (Å²) in [4.78, 5) is 17.3. The number of carbonyl (C=O) groups excluding carboxylic acids is 1. The number of benzene rings is 3. The van der Waals surface area contributed by atoms with Gasteiger partial charge < -0.3 is 9.30 Å². The molecule has 7 nitrogen and oxygen atoms in total. The van der Waals surface area contributed by atoms with Crippen LogP contribution in [0.15, 0.2) is 88.6 Å². The molecule has 0 saturated heterocycles. The van der Waals surface area contributed by atoms with Crippen molar-refractivity contribution in [3.05, 3.63) is 105 Å². The third-order valence-electron chi connectivity index (χ3n) is 6.41. The molecule has 3 aromatic carbocycles. The largest absolute Gasteiger partial charge is 0.492 e. The Labute approximate surface area is 238 Å². The summed E-state index contributed by atoms with van der Waals surface area (Å²) in [5, 5.41) is 17.8. The molecule has 1 N–H and O–H groups in total. The molecule has 0 bridgehead atoms. The van der Waals surface area contributed by atoms with Gasteiger partial charge in [-0.2, -0.15) is 15.1 Å². The number of para-hydroxylation sites is 1. The van der Waals surface area contributed by atoms with Crippen molar-refractivity contribution in [2.45, 2.75) is 13.5 Å². The summed E-state index contributed by atoms with van der Waals surface area (Å²) in [5.74, 6) is 0.247. The van der Waals surface area contributed by atoms with Crippen LogP contribution in [0.1, 0.15) is 16.7 Å². The number of nitrogens with one attached hydrogen (secondary N) is 1. The Bertz CT molecular complexity index is 1760. The first-order chi connectivity index (χ1) is 18.9. The van der Waals surface area contributed by atoms with Gasteiger partial charge in [0.05, 0.1) is 17.1 Å². The molecule has 6 rings (SSSR count). The fraction of sp³-hybridized carbons (Fsp3) is 0.103. The Morgan fingerprint density at radius 1 is 1.05 bits per heavy atom. The van der Waals surface area contributed by atoms with Crippen molar-refractivity contribution < 1.29 is 9.53 Å². The Balaban J connectivity index is 1.28. The van der Waals surface area contributed by atoms with Crippen LogP contribution in [0, 0.1) is 12.3 Å². The number of hydrogen-bond donors (Lipinski definition) is 1. The number of aryl methyl sites for hydroxylation is 1. The number of halogens is 2. The highest BCUT2D eigenvalue weighted by atomic mass is 35.5. The summed E-state index contributed by atoms with van der Waals surface area (Å²) in [6, 6.07) is 20.8. The first-order valence-corrected chi connectivity index (χ1v) is 13.7. The number of hydrogen-bond acceptors (Lipinski definition) is 5. The molecule has 0 spiro atoms. The van der Waals surface area contributed by atoms with E-state index in [0.29, 0.717) is 33.4 Å². The lowest BCUT2D eigenvalue weighted by molar-refractivity contribution is -0.114. The van der Waals surface area contributed by atoms with Gasteiger partial charge in [0, 0.05) is 33.2 Å². The minimum atomic E-state index is -0.479. The van der Waals surface area contributed by atoms with Gasteiger partial charge in [-0.25, -0.2) is 0 Å². The molecule has 39 heavy (non-hydrogen) atoms. The van der Waals surface area contributed by atoms with Crippen LogP contribution in [0.5, 0.6) is 5.75 Å². The van der Waals surface area contributed by atoms with Crippen LogP contribution < -0.4 is 4.74 Å². The van der Waals surface area contributed by atoms with E-state index in [1.165, 1.54) is 16.8 Å². The first kappa shape index (κ1) is 25.4. The van der Waals surface area contributed by atoms with Crippen molar-refractivity contribution in [1.29, 1.82) is 5.41 Å². The topological polar surface area (TPSA) is 83.0 Å². The Kier molecular flexibility index (Phi) is 6.76. The molecule has 1 amide bonds. The highest BCUT2D eigenvalue weighted by molar-refractivity contribution is 8.27. The van der Waals surface area contributed by atoms with Gasteiger partial charge in [-0.3, -0.25) is 10.2 Å². The number of rotatable bonds is 6. The SMILES string of the molecule is Cc1cc(OCCn2cc(/C=C3/C(=N)N4N=C(c5ccccc5Cl)SC4=NC3=O)c3ccccc32)ccc1Cl. The average Bonchev–Trinajstić information content (AvgIpc) is 3.51. The summed E-state index contributed by atoms with van der Waals surface area (Å²) in [5.41, 5.74) is 3.65. The third-order valence-corrected chi connectivity index (χ3v) is 8.10. The van der Waals surface area contributed by atoms with Crippen LogP contribution in [0.3, 0.4) is 0 Å². The standard InChI is InChI=1S/C29H21Cl2N5O2S/c1-17-14-19(10-11-23(17)30)38-13-12-35-16-18(20-6-3-5-9-25(20)35)15-22-26(32)36-29(33-27(22)37)39-28(34-36)21-7-2-4-8-24(21)31/h2-11,14-16,32H,12-13H2,1H3/b22-15-,32-26?. The van der Waals surface area contributed by atoms with Crippen LogP contribution in [0.2, 0.25) is 10.0 Å². The molecule has 3 heterocycles. The number of amides is 1. The number of nitrogens with zero attached hydrogens (tertiary/aromatic N) is 4. The highest BCUT2D eigenvalue weighted by Crippen LogP contribution is 2.34. The van der Waals surface area contributed by atoms with Gasteiger partial charge in [0.25, 0.3) is 5.91 Å². The fourth-order valence-electron chi connectivity index (χ4n) is 4.44. The van der Waals surface area contributed by atoms with E-state index in [1.807, 2.05) is 73.8 Å². The second-order valence-electron chi connectivity index (χ2n) is 8.96. The molecule has 2 aliphatic heterocycles. The molecule has 0 fully saturated rings. The van der Waals surface area contributed by atoms with Crippen molar-refractivity contribution in [3.8, 4) is 5.75 Å². The number of aliphatic imine (C=N–C) groups is 1. The maximum absolute atomic E-state index is 13.0. The van der Waals surface area contributed by atoms with E-state index >= 15 is 0 Å². The molecular formula is C29H21Cl2N5O2S. The van der Waals surface area contributed by atoms with Crippen LogP contribution in [-0.4, -0.2) is 38.1 Å². The predicted octanol–water partition coefficient (Wildman–Crippen LogP) is 7.00. The lowest BCUT2D eigenvalue weighted by Crippen LogP contribution is -2.35. The molecule has 0 radical (unpaired) electrons. The fourth-order valence-corrected chi connectivity index (χ4v) is 5.76. The van der Waals surface area contributed by atoms with E-state index in [4.69, 9.17) is 33.3 Å². The van der Waals surface area contributed by atoms with Crippen molar-refractivity contribution in [3.63, 3.8) is 0 Å². The number of amidine groups is 2. The molecule has 0 atom stereocenters. The zero-order chi connectivity index (χ0) is 27.1. The van der Waals surface area contributed by atoms with E-state index in [0.717, 1.165) is 33.3 Å². The van der Waals surface area contributed by atoms with E-state index in [-0.39, 0.29) is 11.4 Å². The van der Waals surface area contributed by atoms with E-state index < -0.39 is 5.91 Å². The Morgan fingerprint density at radius 3 is 2.67 bits per heavy atom. The summed E-state index contributed by atoms with van der Waals surface area (Å²) in [6.45, 7) is 2.98. The molecule has 4 aromatic rings. The van der Waals surface area contributed by atoms with Crippen LogP contribution in [0.4, 0.5) is 0 Å². The predicted molar refractivity (Wildman–Crippen MR) is 159 cm³/mol. The van der Waals surface area contributed by atoms with Gasteiger partial charge >= 0.3 is 0 Å². The second kappa shape index (κ2) is 10.4. The maximum atomic E-state index is 13.0. The van der Waals surface area contributed by atoms with E-state index in [1.54, 1.807) is 12.1 Å². The molecule has 194 valence electrons. The Hall–Kier alpha value is -3.85. The molecular weight excluding hydrogens is 553 g/mol. The highest BCUT2D eigenvalue weighted by Gasteiger charge is 2.36. The van der Waals surface area contributed by atoms with Crippen molar-refractivity contribution in [1.82, 2.24) is 9.58 Å². The number of thioether (sulfide) groups is 1. The van der Waals surface area contributed by atoms with Gasteiger partial charge in [0.2, 0.25) is 5.17 Å². The van der Waals surface area contributed by atoms with Crippen molar-refractivity contribution in [2.24, 2.45) is 10.1 Å². The Morgan fingerprint density at radius 2 is 1.85 bits per heavy atom. The quantitative estimate of drug-likeness (QED) is 0.251. The van der Waals surface area contributed by atoms with Gasteiger partial charge in [0.1, 0.15) is 17.4 Å². The van der Waals surface area contributed by atoms with E-state index in [9.17, 15) is 4.79 Å². The van der Waals surface area contributed by atoms with E-state index in [2.05, 4.69) is 14.7 Å². The van der Waals surface area contributed by atoms with Gasteiger partial charge in [0.15, 0.2) is 5.84 Å². The number of hydrazone groups is 1. The molecule has 0 saturated carbocycles. The summed E-state index contributed by atoms with van der Waals surface area (Å²) < 4.78 is 8.04. The monoisotopic (exact) mass is 573 g/mol. The lowest BCUT2D eigenvalue weighted by Gasteiger charge is -2.20. The van der Waals surface area contributed by atoms with Crippen molar-refractivity contribution >= 4 is 73.9 Å². The summed E-state index contributed by atoms with van der Waals surface area (Å²) in [7, 11) is 0. The summed E-state index contributed by atoms with van der Waals surface area (Å²) in [6.07, 6.45) is 3.67. The molecule has 2 aliphatic rings. The molecule has 0 unspecified atom stereocenters. The van der Waals surface area contributed by atoms with Gasteiger partial charge in [-0.05, 0) is 60.7 Å². The first-order valence-electron chi connectivity index (χ1n) is 12.1. The van der Waals surface area contributed by atoms with Gasteiger partial charge in [-0.15, -0.1) is 0 Å². The number of fused-ring (bicyclic) bond motifs is 2. The van der Waals surface area contributed by atoms with Crippen LogP contribution >= 0.6 is 35.0 Å². The molecule has 1 aromatic heterocycles. The molecule has 10 heteroatoms. The maximum Gasteiger partial charge on any atom is 0.283 e. The summed E-state index contributed by atoms with van der Waals surface area (Å²) >= 11 is 13.7. The minimum Gasteiger partial charge on any atom is -0.492 e. The lowest BCUT2D eigenvalue weighted by atomic mass is 10.1. The smallest absolute Gasteiger partial charge is 0.283 e. The average molecular weight is 574 g/mol. The number of ether oxygens (including phenoxy) is 1. The zero-order valence-electron chi connectivity index (χ0n) is 20.7. The van der Waals surface area contributed by atoms with Crippen LogP contribution in [-0.2, 0) is 11.3 Å². The van der Waals surface area contributed by atoms with Crippen molar-refractivity contribution in [2.75, 3.05) is 6.61 Å². The normalized spacial score (nSPS) is 16.1. The van der Waals surface area contributed by atoms with Gasteiger partial charge in [-0.1, -0.05) is 59.6 Å². The number of aromatic nitrogens is 1. The zero-order valence-corrected chi connectivity index (χ0v) is 23.0. The number of carbonyl (C=O) groups is 1. The van der Waals surface area contributed by atoms with Crippen LogP contribution in [0.25, 0.3) is 17.0 Å².